The van der Waals surface area contributed by atoms with E-state index in [0.29, 0.717) is 0 Å². The summed E-state index contributed by atoms with van der Waals surface area (Å²) in [6.45, 7) is 40.3. The Labute approximate surface area is 258 Å². The minimum atomic E-state index is -0.00577. The van der Waals surface area contributed by atoms with Gasteiger partial charge in [-0.1, -0.05) is 20.8 Å². The zero-order valence-corrected chi connectivity index (χ0v) is 28.4. The van der Waals surface area contributed by atoms with Crippen molar-refractivity contribution in [3.8, 4) is 0 Å². The van der Waals surface area contributed by atoms with Crippen molar-refractivity contribution in [2.75, 3.05) is 0 Å². The molecular formula is C36H54N6. The first-order valence-corrected chi connectivity index (χ1v) is 15.8. The molecule has 0 saturated heterocycles. The van der Waals surface area contributed by atoms with Gasteiger partial charge >= 0.3 is 0 Å². The van der Waals surface area contributed by atoms with Crippen molar-refractivity contribution in [3.05, 3.63) is 90.6 Å². The molecule has 0 spiro atoms. The molecule has 228 valence electrons. The summed E-state index contributed by atoms with van der Waals surface area (Å²) in [6, 6.07) is 0. The van der Waals surface area contributed by atoms with Crippen molar-refractivity contribution >= 4 is 0 Å². The van der Waals surface area contributed by atoms with Gasteiger partial charge in [-0.25, -0.2) is 0 Å². The molecule has 4 rings (SSSR count). The molecule has 3 aliphatic rings. The maximum absolute atomic E-state index is 3.61. The Morgan fingerprint density at radius 3 is 0.810 bits per heavy atom. The lowest BCUT2D eigenvalue weighted by molar-refractivity contribution is 0.212. The van der Waals surface area contributed by atoms with Gasteiger partial charge in [0.05, 0.1) is 0 Å². The average Bonchev–Trinajstić information content (AvgIpc) is 3.65. The van der Waals surface area contributed by atoms with Crippen molar-refractivity contribution in [3.63, 3.8) is 0 Å². The van der Waals surface area contributed by atoms with Crippen LogP contribution in [0.5, 0.6) is 0 Å². The summed E-state index contributed by atoms with van der Waals surface area (Å²) in [4.78, 5) is 13.3. The molecule has 0 unspecified atom stereocenters. The van der Waals surface area contributed by atoms with Crippen molar-refractivity contribution in [2.24, 2.45) is 0 Å². The summed E-state index contributed by atoms with van der Waals surface area (Å²) in [5.41, 5.74) is 8.74. The molecule has 0 bridgehead atoms. The van der Waals surface area contributed by atoms with E-state index in [9.17, 15) is 0 Å². The molecule has 6 nitrogen and oxygen atoms in total. The molecule has 3 aliphatic heterocycles. The highest BCUT2D eigenvalue weighted by Gasteiger charge is 2.32. The fourth-order valence-corrected chi connectivity index (χ4v) is 5.90. The predicted molar refractivity (Wildman–Crippen MR) is 173 cm³/mol. The summed E-state index contributed by atoms with van der Waals surface area (Å²) < 4.78 is 0. The largest absolute Gasteiger partial charge is 0.342 e. The van der Waals surface area contributed by atoms with Gasteiger partial charge in [0.15, 0.2) is 0 Å². The SMILES string of the molecule is CCc1c(CN2[C]N(C(C)(C)C)C=C2)c(CC)c(CN2[C]N(C(C)(C)C)C=C2)c(CC)c1CN1[C]N(C(C)(C)C)C=C1. The van der Waals surface area contributed by atoms with Gasteiger partial charge in [-0.05, 0) is 115 Å². The second-order valence-electron chi connectivity index (χ2n) is 14.6. The minimum absolute atomic E-state index is 0.00577. The van der Waals surface area contributed by atoms with Gasteiger partial charge in [0.1, 0.15) is 0 Å². The first kappa shape index (κ1) is 32.2. The fourth-order valence-electron chi connectivity index (χ4n) is 5.90. The molecule has 6 radical (unpaired) electrons. The molecule has 1 aromatic rings. The van der Waals surface area contributed by atoms with Gasteiger partial charge in [-0.2, -0.15) is 0 Å². The van der Waals surface area contributed by atoms with Crippen molar-refractivity contribution < 1.29 is 0 Å². The maximum Gasteiger partial charge on any atom is 0.208 e. The van der Waals surface area contributed by atoms with Crippen LogP contribution in [0.4, 0.5) is 0 Å². The van der Waals surface area contributed by atoms with Crippen LogP contribution in [0.2, 0.25) is 0 Å². The molecular weight excluding hydrogens is 516 g/mol. The lowest BCUT2D eigenvalue weighted by Gasteiger charge is -2.34. The van der Waals surface area contributed by atoms with Crippen LogP contribution in [0.3, 0.4) is 0 Å². The van der Waals surface area contributed by atoms with Crippen molar-refractivity contribution in [2.45, 2.75) is 139 Å². The Balaban J connectivity index is 1.76. The second-order valence-corrected chi connectivity index (χ2v) is 14.6. The van der Waals surface area contributed by atoms with Gasteiger partial charge in [0.25, 0.3) is 0 Å². The molecule has 0 N–H and O–H groups in total. The Hall–Kier alpha value is -2.76. The first-order valence-electron chi connectivity index (χ1n) is 15.8. The second kappa shape index (κ2) is 12.1. The van der Waals surface area contributed by atoms with E-state index in [1.807, 2.05) is 0 Å². The topological polar surface area (TPSA) is 19.4 Å². The molecule has 0 atom stereocenters. The average molecular weight is 571 g/mol. The van der Waals surface area contributed by atoms with Crippen molar-refractivity contribution in [1.82, 2.24) is 29.4 Å². The standard InChI is InChI=1S/C36H54N6/c1-13-28-31(22-37-16-19-40(25-37)34(4,5)6)29(14-2)33(24-39-18-21-42(27-39)36(10,11)12)30(15-3)32(28)23-38-17-20-41(26-38)35(7,8)9/h16-21H,13-15,22-24H2,1-12H3. The third kappa shape index (κ3) is 6.89. The van der Waals surface area contributed by atoms with Crippen LogP contribution in [0, 0.1) is 20.0 Å². The van der Waals surface area contributed by atoms with E-state index in [1.54, 1.807) is 0 Å². The van der Waals surface area contributed by atoms with E-state index in [0.717, 1.165) is 38.9 Å². The lowest BCUT2D eigenvalue weighted by Crippen LogP contribution is -2.36. The Kier molecular flexibility index (Phi) is 9.25. The highest BCUT2D eigenvalue weighted by molar-refractivity contribution is 5.53. The Bertz CT molecular complexity index is 1020. The van der Waals surface area contributed by atoms with Crippen LogP contribution in [0.1, 0.15) is 116 Å². The molecule has 0 fully saturated rings. The van der Waals surface area contributed by atoms with E-state index in [1.165, 1.54) is 33.4 Å². The number of hydrogen-bond acceptors (Lipinski definition) is 6. The van der Waals surface area contributed by atoms with E-state index in [4.69, 9.17) is 0 Å². The predicted octanol–water partition coefficient (Wildman–Crippen LogP) is 7.52. The molecule has 42 heavy (non-hydrogen) atoms. The highest BCUT2D eigenvalue weighted by Crippen LogP contribution is 2.37. The van der Waals surface area contributed by atoms with Gasteiger partial charge in [-0.15, -0.1) is 0 Å². The van der Waals surface area contributed by atoms with Gasteiger partial charge in [-0.3, -0.25) is 0 Å². The third-order valence-electron chi connectivity index (χ3n) is 8.30. The minimum Gasteiger partial charge on any atom is -0.342 e. The van der Waals surface area contributed by atoms with Crippen LogP contribution in [0.25, 0.3) is 0 Å². The normalized spacial score (nSPS) is 17.7. The summed E-state index contributed by atoms with van der Waals surface area (Å²) in [5.74, 6) is 0. The van der Waals surface area contributed by atoms with Crippen molar-refractivity contribution in [1.29, 1.82) is 0 Å². The van der Waals surface area contributed by atoms with Crippen LogP contribution in [-0.2, 0) is 38.9 Å². The lowest BCUT2D eigenvalue weighted by atomic mass is 9.82. The smallest absolute Gasteiger partial charge is 0.208 e. The van der Waals surface area contributed by atoms with Crippen LogP contribution < -0.4 is 0 Å². The van der Waals surface area contributed by atoms with E-state index in [-0.39, 0.29) is 16.6 Å². The monoisotopic (exact) mass is 570 g/mol. The molecule has 3 heterocycles. The summed E-state index contributed by atoms with van der Waals surface area (Å²) in [7, 11) is 0. The molecule has 1 aromatic carbocycles. The van der Waals surface area contributed by atoms with E-state index >= 15 is 0 Å². The number of hydrogen-bond donors (Lipinski definition) is 0. The van der Waals surface area contributed by atoms with Gasteiger partial charge in [0, 0.05) is 73.5 Å². The molecule has 0 amide bonds. The molecule has 0 saturated carbocycles. The Morgan fingerprint density at radius 1 is 0.405 bits per heavy atom. The van der Waals surface area contributed by atoms with E-state index < -0.39 is 0 Å². The fraction of sp³-hybridized carbons (Fsp3) is 0.583. The summed E-state index contributed by atoms with van der Waals surface area (Å²) >= 11 is 0. The zero-order valence-electron chi connectivity index (χ0n) is 28.4. The van der Waals surface area contributed by atoms with E-state index in [2.05, 4.69) is 170 Å². The number of rotatable bonds is 9. The molecule has 0 aliphatic carbocycles. The summed E-state index contributed by atoms with van der Waals surface area (Å²) in [6.07, 6.45) is 16.0. The maximum atomic E-state index is 3.61. The number of nitrogens with zero attached hydrogens (tertiary/aromatic N) is 6. The highest BCUT2D eigenvalue weighted by atomic mass is 15.4. The quantitative estimate of drug-likeness (QED) is 0.304. The first-order chi connectivity index (χ1) is 19.6. The van der Waals surface area contributed by atoms with Gasteiger partial charge < -0.3 is 29.4 Å². The molecule has 0 aromatic heterocycles. The van der Waals surface area contributed by atoms with Crippen LogP contribution >= 0.6 is 0 Å². The molecule has 6 heteroatoms. The number of benzene rings is 1. The van der Waals surface area contributed by atoms with Crippen LogP contribution in [0.15, 0.2) is 37.2 Å². The Morgan fingerprint density at radius 2 is 0.643 bits per heavy atom. The van der Waals surface area contributed by atoms with Gasteiger partial charge in [0.2, 0.25) is 20.0 Å². The summed E-state index contributed by atoms with van der Waals surface area (Å²) in [5, 5.41) is 0. The van der Waals surface area contributed by atoms with Crippen LogP contribution in [-0.4, -0.2) is 46.0 Å². The third-order valence-corrected chi connectivity index (χ3v) is 8.30. The zero-order chi connectivity index (χ0) is 31.0.